The number of ether oxygens (including phenoxy) is 2. The fourth-order valence-corrected chi connectivity index (χ4v) is 5.86. The fourth-order valence-electron chi connectivity index (χ4n) is 5.86. The highest BCUT2D eigenvalue weighted by Gasteiger charge is 2.41. The summed E-state index contributed by atoms with van der Waals surface area (Å²) in [5.74, 6) is 0.771. The molecule has 35 heavy (non-hydrogen) atoms. The molecule has 0 N–H and O–H groups in total. The third-order valence-electron chi connectivity index (χ3n) is 7.63. The summed E-state index contributed by atoms with van der Waals surface area (Å²) in [6.07, 6.45) is 6.55. The molecule has 1 amide bonds. The normalized spacial score (nSPS) is 19.1. The lowest BCUT2D eigenvalue weighted by atomic mass is 10.0. The molecule has 1 saturated carbocycles. The maximum absolute atomic E-state index is 14.7. The van der Waals surface area contributed by atoms with E-state index >= 15 is 0 Å². The molecule has 0 spiro atoms. The van der Waals surface area contributed by atoms with Crippen LogP contribution in [-0.4, -0.2) is 46.7 Å². The number of pyridine rings is 1. The zero-order chi connectivity index (χ0) is 24.4. The van der Waals surface area contributed by atoms with E-state index < -0.39 is 5.82 Å². The molecule has 1 aliphatic carbocycles. The number of nitrogens with zero attached hydrogens (tertiary/aromatic N) is 3. The summed E-state index contributed by atoms with van der Waals surface area (Å²) < 4.78 is 28.8. The minimum absolute atomic E-state index is 0.121. The molecule has 1 saturated heterocycles. The molecule has 2 fully saturated rings. The molecule has 6 rings (SSSR count). The number of methoxy groups -OCH3 is 2. The summed E-state index contributed by atoms with van der Waals surface area (Å²) in [5.41, 5.74) is 1.07. The molecule has 2 aromatic carbocycles. The Balaban J connectivity index is 1.65. The number of fused-ring (bicyclic) bond motifs is 4. The maximum atomic E-state index is 14.7. The number of aryl methyl sites for hydroxylation is 1. The minimum atomic E-state index is -0.460. The Morgan fingerprint density at radius 3 is 2.43 bits per heavy atom. The van der Waals surface area contributed by atoms with Crippen molar-refractivity contribution in [1.82, 2.24) is 14.0 Å². The van der Waals surface area contributed by atoms with Gasteiger partial charge in [-0.1, -0.05) is 0 Å². The lowest BCUT2D eigenvalue weighted by molar-refractivity contribution is 0.0705. The van der Waals surface area contributed by atoms with Crippen LogP contribution in [0.2, 0.25) is 0 Å². The number of carbonyl (C=O) groups is 1. The van der Waals surface area contributed by atoms with Gasteiger partial charge in [-0.15, -0.1) is 0 Å². The maximum Gasteiger partial charge on any atom is 0.263 e. The van der Waals surface area contributed by atoms with Crippen LogP contribution in [0.3, 0.4) is 0 Å². The van der Waals surface area contributed by atoms with Crippen LogP contribution < -0.4 is 15.0 Å². The van der Waals surface area contributed by atoms with Gasteiger partial charge in [0.05, 0.1) is 36.4 Å². The largest absolute Gasteiger partial charge is 0.493 e. The van der Waals surface area contributed by atoms with E-state index in [4.69, 9.17) is 9.47 Å². The van der Waals surface area contributed by atoms with Crippen LogP contribution in [0.25, 0.3) is 27.4 Å². The lowest BCUT2D eigenvalue weighted by Gasteiger charge is -2.28. The molecule has 2 unspecified atom stereocenters. The predicted octanol–water partition coefficient (Wildman–Crippen LogP) is 4.26. The van der Waals surface area contributed by atoms with Crippen molar-refractivity contribution in [3.8, 4) is 17.2 Å². The van der Waals surface area contributed by atoms with Crippen molar-refractivity contribution in [1.29, 1.82) is 0 Å². The molecule has 1 aliphatic heterocycles. The number of likely N-dealkylation sites (tertiary alicyclic amines) is 1. The van der Waals surface area contributed by atoms with Gasteiger partial charge in [0.2, 0.25) is 0 Å². The van der Waals surface area contributed by atoms with E-state index in [1.54, 1.807) is 22.9 Å². The Morgan fingerprint density at radius 2 is 1.77 bits per heavy atom. The molecule has 2 aliphatic rings. The quantitative estimate of drug-likeness (QED) is 0.442. The van der Waals surface area contributed by atoms with Gasteiger partial charge in [-0.3, -0.25) is 14.2 Å². The van der Waals surface area contributed by atoms with E-state index in [1.165, 1.54) is 30.9 Å². The molecule has 2 aromatic heterocycles. The summed E-state index contributed by atoms with van der Waals surface area (Å²) in [6.45, 7) is 0.723. The highest BCUT2D eigenvalue weighted by Crippen LogP contribution is 2.39. The number of hydrogen-bond donors (Lipinski definition) is 0. The second-order valence-corrected chi connectivity index (χ2v) is 9.55. The van der Waals surface area contributed by atoms with Gasteiger partial charge in [0.25, 0.3) is 11.5 Å². The first-order chi connectivity index (χ1) is 16.9. The van der Waals surface area contributed by atoms with Crippen LogP contribution in [0, 0.1) is 11.7 Å². The van der Waals surface area contributed by atoms with Crippen LogP contribution in [0.15, 0.2) is 47.5 Å². The molecule has 180 valence electrons. The van der Waals surface area contributed by atoms with E-state index in [0.717, 1.165) is 31.2 Å². The Hall–Kier alpha value is -3.81. The number of hydrogen-bond acceptors (Lipinski definition) is 4. The summed E-state index contributed by atoms with van der Waals surface area (Å²) in [7, 11) is 4.84. The van der Waals surface area contributed by atoms with Gasteiger partial charge in [-0.25, -0.2) is 4.39 Å². The van der Waals surface area contributed by atoms with Crippen molar-refractivity contribution in [2.45, 2.75) is 25.3 Å². The van der Waals surface area contributed by atoms with Gasteiger partial charge >= 0.3 is 0 Å². The van der Waals surface area contributed by atoms with Crippen LogP contribution in [0.4, 0.5) is 4.39 Å². The number of aromatic nitrogens is 2. The molecule has 3 heterocycles. The molecule has 2 bridgehead atoms. The Morgan fingerprint density at radius 1 is 1.03 bits per heavy atom. The Kier molecular flexibility index (Phi) is 4.88. The predicted molar refractivity (Wildman–Crippen MR) is 131 cm³/mol. The Labute approximate surface area is 201 Å². The lowest BCUT2D eigenvalue weighted by Crippen LogP contribution is -2.38. The summed E-state index contributed by atoms with van der Waals surface area (Å²) >= 11 is 0. The monoisotopic (exact) mass is 475 g/mol. The molecule has 2 atom stereocenters. The van der Waals surface area contributed by atoms with Crippen molar-refractivity contribution in [3.63, 3.8) is 0 Å². The van der Waals surface area contributed by atoms with Crippen LogP contribution >= 0.6 is 0 Å². The number of piperidine rings is 1. The summed E-state index contributed by atoms with van der Waals surface area (Å²) in [5, 5.41) is 1.53. The third-order valence-corrected chi connectivity index (χ3v) is 7.63. The molecular weight excluding hydrogens is 449 g/mol. The number of carbonyl (C=O) groups excluding carboxylic acids is 1. The first-order valence-corrected chi connectivity index (χ1v) is 11.8. The molecule has 7 nitrogen and oxygen atoms in total. The number of rotatable bonds is 4. The van der Waals surface area contributed by atoms with E-state index in [9.17, 15) is 14.0 Å². The smallest absolute Gasteiger partial charge is 0.263 e. The first kappa shape index (κ1) is 21.7. The van der Waals surface area contributed by atoms with Crippen LogP contribution in [-0.2, 0) is 7.05 Å². The van der Waals surface area contributed by atoms with Crippen LogP contribution in [0.5, 0.6) is 11.5 Å². The van der Waals surface area contributed by atoms with Gasteiger partial charge in [-0.05, 0) is 55.5 Å². The van der Waals surface area contributed by atoms with Crippen LogP contribution in [0.1, 0.15) is 29.6 Å². The highest BCUT2D eigenvalue weighted by molar-refractivity contribution is 6.08. The zero-order valence-electron chi connectivity index (χ0n) is 19.9. The Bertz CT molecular complexity index is 1570. The molecule has 4 aromatic rings. The van der Waals surface area contributed by atoms with E-state index in [2.05, 4.69) is 0 Å². The van der Waals surface area contributed by atoms with Crippen molar-refractivity contribution in [2.24, 2.45) is 13.0 Å². The average molecular weight is 476 g/mol. The second-order valence-electron chi connectivity index (χ2n) is 9.55. The second kappa shape index (κ2) is 7.86. The van der Waals surface area contributed by atoms with Crippen molar-refractivity contribution < 1.29 is 18.7 Å². The number of amides is 1. The van der Waals surface area contributed by atoms with Gasteiger partial charge < -0.3 is 18.9 Å². The molecule has 0 radical (unpaired) electrons. The molecule has 8 heteroatoms. The minimum Gasteiger partial charge on any atom is -0.493 e. The summed E-state index contributed by atoms with van der Waals surface area (Å²) in [4.78, 5) is 29.6. The van der Waals surface area contributed by atoms with Gasteiger partial charge in [0.15, 0.2) is 11.5 Å². The number of benzene rings is 2. The van der Waals surface area contributed by atoms with Gasteiger partial charge in [0, 0.05) is 42.8 Å². The highest BCUT2D eigenvalue weighted by atomic mass is 19.1. The van der Waals surface area contributed by atoms with E-state index in [0.29, 0.717) is 45.0 Å². The van der Waals surface area contributed by atoms with Gasteiger partial charge in [-0.2, -0.15) is 0 Å². The fraction of sp³-hybridized carbons (Fsp3) is 0.333. The van der Waals surface area contributed by atoms with Gasteiger partial charge in [0.1, 0.15) is 5.82 Å². The number of halogens is 1. The van der Waals surface area contributed by atoms with Crippen molar-refractivity contribution >= 4 is 27.6 Å². The average Bonchev–Trinajstić information content (AvgIpc) is 3.59. The van der Waals surface area contributed by atoms with E-state index in [-0.39, 0.29) is 17.5 Å². The topological polar surface area (TPSA) is 65.7 Å². The third kappa shape index (κ3) is 3.23. The summed E-state index contributed by atoms with van der Waals surface area (Å²) in [6, 6.07) is 8.12. The zero-order valence-corrected chi connectivity index (χ0v) is 19.9. The van der Waals surface area contributed by atoms with Crippen molar-refractivity contribution in [3.05, 3.63) is 64.5 Å². The molecular formula is C27H26FN3O4. The standard InChI is InChI=1S/C27H26FN3O4/c1-29-7-6-18-22(29)9-16(28)10-23(18)31-14-21(27(33)30-13-15-4-5-17(30)8-15)19-11-24(34-2)25(35-3)12-20(19)26(31)32/h6-7,9-12,14-15,17H,4-5,8,13H2,1-3H3. The SMILES string of the molecule is COc1cc2c(C(=O)N3CC4CCC3C4)cn(-c3cc(F)cc4c3ccn4C)c(=O)c2cc1OC. The van der Waals surface area contributed by atoms with Crippen molar-refractivity contribution in [2.75, 3.05) is 20.8 Å². The van der Waals surface area contributed by atoms with E-state index in [1.807, 2.05) is 24.2 Å². The first-order valence-electron chi connectivity index (χ1n) is 11.8.